The van der Waals surface area contributed by atoms with Gasteiger partial charge in [0.25, 0.3) is 0 Å². The maximum Gasteiger partial charge on any atom is 0.240 e. The summed E-state index contributed by atoms with van der Waals surface area (Å²) in [5.74, 6) is 1.34. The van der Waals surface area contributed by atoms with Crippen LogP contribution in [0.25, 0.3) is 0 Å². The molecule has 23 heavy (non-hydrogen) atoms. The third-order valence-electron chi connectivity index (χ3n) is 2.92. The number of rotatable bonds is 7. The monoisotopic (exact) mass is 375 g/mol. The molecule has 0 fully saturated rings. The zero-order valence-corrected chi connectivity index (χ0v) is 14.6. The molecule has 0 radical (unpaired) electrons. The number of benzene rings is 2. The van der Waals surface area contributed by atoms with Gasteiger partial charge in [-0.25, -0.2) is 13.1 Å². The molecule has 1 N–H and O–H groups in total. The Hall–Kier alpha value is -1.47. The molecule has 0 saturated carbocycles. The molecule has 0 bridgehead atoms. The number of sulfonamides is 1. The Balaban J connectivity index is 1.88. The minimum absolute atomic E-state index is 0.0522. The second-order valence-corrected chi connectivity index (χ2v) is 7.08. The summed E-state index contributed by atoms with van der Waals surface area (Å²) in [6.07, 6.45) is 0. The van der Waals surface area contributed by atoms with Crippen molar-refractivity contribution in [3.05, 3.63) is 52.5 Å². The van der Waals surface area contributed by atoms with E-state index in [9.17, 15) is 8.42 Å². The fourth-order valence-corrected chi connectivity index (χ4v) is 3.15. The first-order valence-corrected chi connectivity index (χ1v) is 8.88. The van der Waals surface area contributed by atoms with Crippen LogP contribution >= 0.6 is 23.2 Å². The van der Waals surface area contributed by atoms with E-state index >= 15 is 0 Å². The Labute approximate surface area is 145 Å². The molecule has 2 aromatic carbocycles. The molecule has 0 spiro atoms. The number of halogens is 2. The van der Waals surface area contributed by atoms with Crippen molar-refractivity contribution >= 4 is 33.2 Å². The molecule has 0 unspecified atom stereocenters. The van der Waals surface area contributed by atoms with Gasteiger partial charge in [0.2, 0.25) is 10.0 Å². The van der Waals surface area contributed by atoms with Crippen LogP contribution in [0.4, 0.5) is 0 Å². The van der Waals surface area contributed by atoms with Gasteiger partial charge >= 0.3 is 0 Å². The van der Waals surface area contributed by atoms with E-state index in [-0.39, 0.29) is 23.1 Å². The van der Waals surface area contributed by atoms with Gasteiger partial charge in [0.15, 0.2) is 0 Å². The summed E-state index contributed by atoms with van der Waals surface area (Å²) in [5, 5.41) is 0.484. The lowest BCUT2D eigenvalue weighted by Crippen LogP contribution is -2.28. The van der Waals surface area contributed by atoms with Crippen molar-refractivity contribution in [2.24, 2.45) is 0 Å². The van der Waals surface area contributed by atoms with Crippen LogP contribution in [0.5, 0.6) is 11.5 Å². The minimum atomic E-state index is -3.66. The van der Waals surface area contributed by atoms with E-state index in [2.05, 4.69) is 4.72 Å². The molecule has 8 heteroatoms. The third kappa shape index (κ3) is 5.00. The van der Waals surface area contributed by atoms with Crippen LogP contribution in [0.15, 0.2) is 47.4 Å². The zero-order valence-electron chi connectivity index (χ0n) is 12.3. The SMILES string of the molecule is COc1ccc(OCCNS(=O)(=O)c2ccc(Cl)c(Cl)c2)cc1. The van der Waals surface area contributed by atoms with Crippen molar-refractivity contribution < 1.29 is 17.9 Å². The average molecular weight is 376 g/mol. The lowest BCUT2D eigenvalue weighted by Gasteiger charge is -2.09. The van der Waals surface area contributed by atoms with Crippen LogP contribution in [0.3, 0.4) is 0 Å². The molecule has 0 atom stereocenters. The van der Waals surface area contributed by atoms with Crippen LogP contribution in [-0.4, -0.2) is 28.7 Å². The molecular weight excluding hydrogens is 361 g/mol. The second-order valence-electron chi connectivity index (χ2n) is 4.50. The summed E-state index contributed by atoms with van der Waals surface area (Å²) < 4.78 is 37.1. The van der Waals surface area contributed by atoms with Crippen molar-refractivity contribution in [2.45, 2.75) is 4.90 Å². The molecule has 0 amide bonds. The van der Waals surface area contributed by atoms with Gasteiger partial charge in [0.1, 0.15) is 18.1 Å². The van der Waals surface area contributed by atoms with Crippen molar-refractivity contribution in [1.29, 1.82) is 0 Å². The predicted octanol–water partition coefficient (Wildman–Crippen LogP) is 3.36. The van der Waals surface area contributed by atoms with Gasteiger partial charge in [-0.3, -0.25) is 0 Å². The van der Waals surface area contributed by atoms with Crippen molar-refractivity contribution in [3.8, 4) is 11.5 Å². The number of ether oxygens (including phenoxy) is 2. The second kappa shape index (κ2) is 7.88. The molecule has 2 rings (SSSR count). The Kier molecular flexibility index (Phi) is 6.12. The van der Waals surface area contributed by atoms with Crippen LogP contribution in [0, 0.1) is 0 Å². The number of hydrogen-bond acceptors (Lipinski definition) is 4. The number of methoxy groups -OCH3 is 1. The van der Waals surface area contributed by atoms with E-state index < -0.39 is 10.0 Å². The highest BCUT2D eigenvalue weighted by atomic mass is 35.5. The van der Waals surface area contributed by atoms with Gasteiger partial charge in [-0.05, 0) is 42.5 Å². The van der Waals surface area contributed by atoms with Gasteiger partial charge in [-0.2, -0.15) is 0 Å². The van der Waals surface area contributed by atoms with Gasteiger partial charge in [-0.1, -0.05) is 23.2 Å². The van der Waals surface area contributed by atoms with Gasteiger partial charge < -0.3 is 9.47 Å². The van der Waals surface area contributed by atoms with E-state index in [0.717, 1.165) is 5.75 Å². The van der Waals surface area contributed by atoms with Gasteiger partial charge in [-0.15, -0.1) is 0 Å². The molecule has 0 heterocycles. The highest BCUT2D eigenvalue weighted by molar-refractivity contribution is 7.89. The quantitative estimate of drug-likeness (QED) is 0.753. The summed E-state index contributed by atoms with van der Waals surface area (Å²) in [4.78, 5) is 0.0522. The Bertz CT molecular complexity index is 764. The molecule has 0 aromatic heterocycles. The molecule has 124 valence electrons. The maximum absolute atomic E-state index is 12.1. The first-order valence-electron chi connectivity index (χ1n) is 6.64. The Morgan fingerprint density at radius 2 is 1.65 bits per heavy atom. The van der Waals surface area contributed by atoms with E-state index in [4.69, 9.17) is 32.7 Å². The largest absolute Gasteiger partial charge is 0.497 e. The van der Waals surface area contributed by atoms with Crippen molar-refractivity contribution in [1.82, 2.24) is 4.72 Å². The fraction of sp³-hybridized carbons (Fsp3) is 0.200. The summed E-state index contributed by atoms with van der Waals surface area (Å²) in [6.45, 7) is 0.307. The van der Waals surface area contributed by atoms with E-state index in [1.807, 2.05) is 0 Å². The molecular formula is C15H15Cl2NO4S. The van der Waals surface area contributed by atoms with E-state index in [1.165, 1.54) is 18.2 Å². The van der Waals surface area contributed by atoms with Crippen LogP contribution in [0.2, 0.25) is 10.0 Å². The third-order valence-corrected chi connectivity index (χ3v) is 5.12. The predicted molar refractivity (Wildman–Crippen MR) is 90.1 cm³/mol. The normalized spacial score (nSPS) is 11.3. The van der Waals surface area contributed by atoms with E-state index in [1.54, 1.807) is 31.4 Å². The number of nitrogens with one attached hydrogen (secondary N) is 1. The molecule has 0 aliphatic carbocycles. The highest BCUT2D eigenvalue weighted by Crippen LogP contribution is 2.24. The topological polar surface area (TPSA) is 64.6 Å². The van der Waals surface area contributed by atoms with Gasteiger partial charge in [0.05, 0.1) is 22.1 Å². The lowest BCUT2D eigenvalue weighted by molar-refractivity contribution is 0.322. The summed E-state index contributed by atoms with van der Waals surface area (Å²) in [7, 11) is -2.08. The Morgan fingerprint density at radius 3 is 2.26 bits per heavy atom. The Morgan fingerprint density at radius 1 is 1.00 bits per heavy atom. The first-order chi connectivity index (χ1) is 10.9. The standard InChI is InChI=1S/C15H15Cl2NO4S/c1-21-11-2-4-12(5-3-11)22-9-8-18-23(19,20)13-6-7-14(16)15(17)10-13/h2-7,10,18H,8-9H2,1H3. The van der Waals surface area contributed by atoms with Crippen molar-refractivity contribution in [3.63, 3.8) is 0 Å². The van der Waals surface area contributed by atoms with Crippen molar-refractivity contribution in [2.75, 3.05) is 20.3 Å². The molecule has 5 nitrogen and oxygen atoms in total. The van der Waals surface area contributed by atoms with Gasteiger partial charge in [0, 0.05) is 6.54 Å². The summed E-state index contributed by atoms with van der Waals surface area (Å²) in [6, 6.07) is 11.1. The van der Waals surface area contributed by atoms with Crippen LogP contribution < -0.4 is 14.2 Å². The van der Waals surface area contributed by atoms with Crippen LogP contribution in [0.1, 0.15) is 0 Å². The summed E-state index contributed by atoms with van der Waals surface area (Å²) in [5.41, 5.74) is 0. The summed E-state index contributed by atoms with van der Waals surface area (Å²) >= 11 is 11.6. The van der Waals surface area contributed by atoms with E-state index in [0.29, 0.717) is 10.8 Å². The smallest absolute Gasteiger partial charge is 0.240 e. The fourth-order valence-electron chi connectivity index (χ4n) is 1.74. The molecule has 0 saturated heterocycles. The number of hydrogen-bond donors (Lipinski definition) is 1. The highest BCUT2D eigenvalue weighted by Gasteiger charge is 2.14. The molecule has 0 aliphatic heterocycles. The lowest BCUT2D eigenvalue weighted by atomic mass is 10.3. The average Bonchev–Trinajstić information content (AvgIpc) is 2.54. The zero-order chi connectivity index (χ0) is 16.9. The minimum Gasteiger partial charge on any atom is -0.497 e. The first kappa shape index (κ1) is 17.9. The molecule has 0 aliphatic rings. The molecule has 2 aromatic rings. The maximum atomic E-state index is 12.1. The van der Waals surface area contributed by atoms with Crippen LogP contribution in [-0.2, 0) is 10.0 Å².